The van der Waals surface area contributed by atoms with Crippen LogP contribution in [-0.4, -0.2) is 25.5 Å². The molecule has 0 aliphatic rings. The summed E-state index contributed by atoms with van der Waals surface area (Å²) in [6, 6.07) is 2.22. The van der Waals surface area contributed by atoms with Crippen molar-refractivity contribution in [3.05, 3.63) is 32.2 Å². The zero-order valence-electron chi connectivity index (χ0n) is 16.8. The van der Waals surface area contributed by atoms with E-state index in [2.05, 4.69) is 37.0 Å². The molecule has 170 valence electrons. The molecule has 1 aromatic rings. The third kappa shape index (κ3) is 11.5. The van der Waals surface area contributed by atoms with Crippen molar-refractivity contribution in [2.75, 3.05) is 19.8 Å². The molecule has 10 heteroatoms. The predicted molar refractivity (Wildman–Crippen MR) is 121 cm³/mol. The Morgan fingerprint density at radius 1 is 1.03 bits per heavy atom. The number of rotatable bonds is 13. The summed E-state index contributed by atoms with van der Waals surface area (Å²) < 4.78 is 51.7. The molecule has 0 bridgehead atoms. The molecule has 0 spiro atoms. The molecule has 1 aromatic carbocycles. The number of alkyl halides is 3. The lowest BCUT2D eigenvalue weighted by molar-refractivity contribution is -0.139. The van der Waals surface area contributed by atoms with E-state index in [9.17, 15) is 13.2 Å². The van der Waals surface area contributed by atoms with Crippen LogP contribution in [0.3, 0.4) is 0 Å². The lowest BCUT2D eigenvalue weighted by Gasteiger charge is -2.17. The van der Waals surface area contributed by atoms with Gasteiger partial charge in [-0.25, -0.2) is 0 Å². The van der Waals surface area contributed by atoms with Crippen LogP contribution in [0.25, 0.3) is 0 Å². The first kappa shape index (κ1) is 27.1. The minimum atomic E-state index is -4.61. The minimum Gasteiger partial charge on any atom is -0.491 e. The van der Waals surface area contributed by atoms with Gasteiger partial charge in [0, 0.05) is 6.07 Å². The highest BCUT2D eigenvalue weighted by atomic mass is 79.9. The van der Waals surface area contributed by atoms with Gasteiger partial charge >= 0.3 is 6.18 Å². The normalized spacial score (nSPS) is 11.1. The van der Waals surface area contributed by atoms with Crippen LogP contribution < -0.4 is 9.47 Å². The molecule has 0 N–H and O–H groups in total. The van der Waals surface area contributed by atoms with Gasteiger partial charge in [0.15, 0.2) is 0 Å². The highest BCUT2D eigenvalue weighted by Crippen LogP contribution is 2.43. The van der Waals surface area contributed by atoms with Crippen LogP contribution >= 0.6 is 43.5 Å². The van der Waals surface area contributed by atoms with Crippen LogP contribution in [0.15, 0.2) is 26.8 Å². The minimum absolute atomic E-state index is 0.0157. The first-order valence-corrected chi connectivity index (χ1v) is 11.4. The Balaban J connectivity index is 2.52. The summed E-state index contributed by atoms with van der Waals surface area (Å²) in [7, 11) is 0. The van der Waals surface area contributed by atoms with Crippen molar-refractivity contribution in [1.29, 1.82) is 0 Å². The number of halogens is 6. The second-order valence-corrected chi connectivity index (χ2v) is 9.75. The molecule has 30 heavy (non-hydrogen) atoms. The molecule has 0 heterocycles. The van der Waals surface area contributed by atoms with Crippen LogP contribution in [0.4, 0.5) is 13.2 Å². The Kier molecular flexibility index (Phi) is 12.8. The Labute approximate surface area is 197 Å². The summed E-state index contributed by atoms with van der Waals surface area (Å²) in [5.41, 5.74) is -0.0803. The number of nitrogens with zero attached hydrogens (tertiary/aromatic N) is 1. The summed E-state index contributed by atoms with van der Waals surface area (Å²) in [4.78, 5) is 5.11. The maximum absolute atomic E-state index is 13.4. The van der Waals surface area contributed by atoms with Gasteiger partial charge in [-0.2, -0.15) is 13.2 Å². The van der Waals surface area contributed by atoms with E-state index >= 15 is 0 Å². The average Bonchev–Trinajstić information content (AvgIpc) is 2.62. The van der Waals surface area contributed by atoms with Crippen molar-refractivity contribution < 1.29 is 27.5 Å². The highest BCUT2D eigenvalue weighted by molar-refractivity contribution is 9.28. The Bertz CT molecular complexity index is 720. The largest absolute Gasteiger partial charge is 0.491 e. The SMILES string of the molecule is CC(C)=NOCCCCCCCOc1c(Cl)cc(OCC=C(Br)Br)cc1C(F)(F)F. The Morgan fingerprint density at radius 3 is 2.27 bits per heavy atom. The molecule has 0 saturated heterocycles. The lowest BCUT2D eigenvalue weighted by Crippen LogP contribution is -2.11. The molecule has 0 fully saturated rings. The zero-order valence-corrected chi connectivity index (χ0v) is 20.8. The van der Waals surface area contributed by atoms with E-state index in [4.69, 9.17) is 25.9 Å². The predicted octanol–water partition coefficient (Wildman–Crippen LogP) is 8.11. The molecule has 0 radical (unpaired) electrons. The molecule has 0 atom stereocenters. The van der Waals surface area contributed by atoms with Gasteiger partial charge in [-0.15, -0.1) is 0 Å². The fourth-order valence-corrected chi connectivity index (χ4v) is 2.89. The molecule has 0 amide bonds. The average molecular weight is 580 g/mol. The summed E-state index contributed by atoms with van der Waals surface area (Å²) in [6.45, 7) is 4.51. The Hall–Kier alpha value is -0.930. The smallest absolute Gasteiger partial charge is 0.420 e. The highest BCUT2D eigenvalue weighted by Gasteiger charge is 2.36. The summed E-state index contributed by atoms with van der Waals surface area (Å²) in [5.74, 6) is -0.350. The molecule has 0 aliphatic heterocycles. The van der Waals surface area contributed by atoms with Crippen molar-refractivity contribution in [2.24, 2.45) is 5.16 Å². The van der Waals surface area contributed by atoms with Crippen molar-refractivity contribution >= 4 is 49.2 Å². The fourth-order valence-electron chi connectivity index (χ4n) is 2.36. The zero-order chi connectivity index (χ0) is 22.6. The summed E-state index contributed by atoms with van der Waals surface area (Å²) in [5, 5.41) is 3.71. The van der Waals surface area contributed by atoms with Crippen molar-refractivity contribution in [1.82, 2.24) is 0 Å². The lowest BCUT2D eigenvalue weighted by atomic mass is 10.1. The topological polar surface area (TPSA) is 40.0 Å². The molecular weight excluding hydrogens is 554 g/mol. The van der Waals surface area contributed by atoms with E-state index in [1.807, 2.05) is 13.8 Å². The fraction of sp³-hybridized carbons (Fsp3) is 0.550. The number of oxime groups is 1. The molecule has 1 rings (SSSR count). The van der Waals surface area contributed by atoms with Crippen molar-refractivity contribution in [3.8, 4) is 11.5 Å². The first-order valence-electron chi connectivity index (χ1n) is 9.42. The number of hydrogen-bond donors (Lipinski definition) is 0. The van der Waals surface area contributed by atoms with E-state index in [0.717, 1.165) is 37.5 Å². The van der Waals surface area contributed by atoms with E-state index in [0.29, 0.717) is 16.4 Å². The third-order valence-electron chi connectivity index (χ3n) is 3.68. The van der Waals surface area contributed by atoms with Gasteiger partial charge < -0.3 is 14.3 Å². The van der Waals surface area contributed by atoms with E-state index in [1.165, 1.54) is 6.07 Å². The molecule has 0 aliphatic carbocycles. The van der Waals surface area contributed by atoms with E-state index < -0.39 is 11.7 Å². The van der Waals surface area contributed by atoms with Gasteiger partial charge in [-0.1, -0.05) is 29.6 Å². The van der Waals surface area contributed by atoms with Crippen LogP contribution in [0, 0.1) is 0 Å². The molecule has 0 unspecified atom stereocenters. The standard InChI is InChI=1S/C20H25Br2ClF3NO3/c1-14(2)27-30-10-7-5-3-4-6-9-29-19-16(20(24,25)26)12-15(13-17(19)23)28-11-8-18(21)22/h8,12-13H,3-7,9-11H2,1-2H3. The van der Waals surface area contributed by atoms with Gasteiger partial charge in [0.25, 0.3) is 0 Å². The number of ether oxygens (including phenoxy) is 2. The van der Waals surface area contributed by atoms with Crippen LogP contribution in [0.1, 0.15) is 51.5 Å². The van der Waals surface area contributed by atoms with Gasteiger partial charge in [-0.3, -0.25) is 0 Å². The molecule has 0 aromatic heterocycles. The monoisotopic (exact) mass is 577 g/mol. The molecular formula is C20H25Br2ClF3NO3. The second-order valence-electron chi connectivity index (χ2n) is 6.57. The maximum Gasteiger partial charge on any atom is 0.420 e. The summed E-state index contributed by atoms with van der Waals surface area (Å²) >= 11 is 12.3. The van der Waals surface area contributed by atoms with Crippen molar-refractivity contribution in [3.63, 3.8) is 0 Å². The summed E-state index contributed by atoms with van der Waals surface area (Å²) in [6.07, 6.45) is 1.24. The number of unbranched alkanes of at least 4 members (excludes halogenated alkanes) is 4. The number of hydrogen-bond acceptors (Lipinski definition) is 4. The van der Waals surface area contributed by atoms with E-state index in [1.54, 1.807) is 6.08 Å². The number of benzene rings is 1. The van der Waals surface area contributed by atoms with Gasteiger partial charge in [0.1, 0.15) is 30.3 Å². The third-order valence-corrected chi connectivity index (χ3v) is 4.61. The quantitative estimate of drug-likeness (QED) is 0.135. The van der Waals surface area contributed by atoms with Crippen LogP contribution in [-0.2, 0) is 11.0 Å². The first-order chi connectivity index (χ1) is 14.1. The van der Waals surface area contributed by atoms with Gasteiger partial charge in [0.05, 0.1) is 20.7 Å². The Morgan fingerprint density at radius 2 is 1.67 bits per heavy atom. The molecule has 4 nitrogen and oxygen atoms in total. The second kappa shape index (κ2) is 14.2. The van der Waals surface area contributed by atoms with E-state index in [-0.39, 0.29) is 29.7 Å². The van der Waals surface area contributed by atoms with Gasteiger partial charge in [0.2, 0.25) is 0 Å². The van der Waals surface area contributed by atoms with Crippen molar-refractivity contribution in [2.45, 2.75) is 52.1 Å². The molecule has 0 saturated carbocycles. The maximum atomic E-state index is 13.4. The van der Waals surface area contributed by atoms with Gasteiger partial charge in [-0.05, 0) is 77.1 Å². The van der Waals surface area contributed by atoms with Crippen LogP contribution in [0.5, 0.6) is 11.5 Å². The van der Waals surface area contributed by atoms with Crippen LogP contribution in [0.2, 0.25) is 5.02 Å².